The van der Waals surface area contributed by atoms with Crippen LogP contribution in [0.5, 0.6) is 0 Å². The van der Waals surface area contributed by atoms with Crippen molar-refractivity contribution in [3.8, 4) is 0 Å². The molecule has 0 saturated carbocycles. The van der Waals surface area contributed by atoms with Gasteiger partial charge in [-0.3, -0.25) is 0 Å². The molecule has 1 aromatic rings. The van der Waals surface area contributed by atoms with E-state index in [-0.39, 0.29) is 0 Å². The van der Waals surface area contributed by atoms with Crippen LogP contribution in [0.4, 0.5) is 0 Å². The van der Waals surface area contributed by atoms with Gasteiger partial charge >= 0.3 is 0 Å². The van der Waals surface area contributed by atoms with Crippen LogP contribution in [0.3, 0.4) is 0 Å². The molecule has 0 aliphatic carbocycles. The zero-order chi connectivity index (χ0) is 12.1. The molecule has 1 aliphatic heterocycles. The molecule has 0 aromatic heterocycles. The Bertz CT molecular complexity index is 351. The molecule has 1 heterocycles. The van der Waals surface area contributed by atoms with Crippen LogP contribution < -0.4 is 5.32 Å². The lowest BCUT2D eigenvalue weighted by molar-refractivity contribution is 0.0559. The summed E-state index contributed by atoms with van der Waals surface area (Å²) in [4.78, 5) is 0. The monoisotopic (exact) mass is 233 g/mol. The number of hydrogen-bond donors (Lipinski definition) is 1. The van der Waals surface area contributed by atoms with Gasteiger partial charge in [-0.25, -0.2) is 0 Å². The van der Waals surface area contributed by atoms with Crippen LogP contribution >= 0.6 is 0 Å². The normalized spacial score (nSPS) is 24.1. The summed E-state index contributed by atoms with van der Waals surface area (Å²) in [6, 6.07) is 8.66. The maximum atomic E-state index is 5.79. The van der Waals surface area contributed by atoms with Crippen molar-refractivity contribution in [3.05, 3.63) is 35.4 Å². The Hall–Kier alpha value is -0.860. The molecule has 2 rings (SSSR count). The van der Waals surface area contributed by atoms with Crippen LogP contribution in [-0.2, 0) is 17.7 Å². The molecule has 0 amide bonds. The van der Waals surface area contributed by atoms with Gasteiger partial charge in [0.05, 0.1) is 12.2 Å². The number of ether oxygens (including phenoxy) is 1. The highest BCUT2D eigenvalue weighted by molar-refractivity contribution is 5.26. The maximum absolute atomic E-state index is 5.79. The van der Waals surface area contributed by atoms with Crippen molar-refractivity contribution in [1.82, 2.24) is 5.32 Å². The van der Waals surface area contributed by atoms with Gasteiger partial charge in [-0.15, -0.1) is 0 Å². The number of nitrogens with one attached hydrogen (secondary N) is 1. The summed E-state index contributed by atoms with van der Waals surface area (Å²) >= 11 is 0. The lowest BCUT2D eigenvalue weighted by atomic mass is 10.1. The first kappa shape index (κ1) is 12.6. The molecule has 1 saturated heterocycles. The minimum atomic E-state index is 0.416. The topological polar surface area (TPSA) is 21.3 Å². The maximum Gasteiger partial charge on any atom is 0.0704 e. The van der Waals surface area contributed by atoms with E-state index in [0.29, 0.717) is 12.2 Å². The summed E-state index contributed by atoms with van der Waals surface area (Å²) in [5, 5.41) is 3.51. The Kier molecular flexibility index (Phi) is 4.57. The number of hydrogen-bond acceptors (Lipinski definition) is 2. The van der Waals surface area contributed by atoms with Gasteiger partial charge in [0.1, 0.15) is 0 Å². The van der Waals surface area contributed by atoms with Crippen LogP contribution in [0.1, 0.15) is 37.8 Å². The van der Waals surface area contributed by atoms with E-state index in [0.717, 1.165) is 19.5 Å². The fraction of sp³-hybridized carbons (Fsp3) is 0.600. The summed E-state index contributed by atoms with van der Waals surface area (Å²) in [6.07, 6.45) is 4.37. The summed E-state index contributed by atoms with van der Waals surface area (Å²) in [6.45, 7) is 6.30. The number of aryl methyl sites for hydroxylation is 1. The van der Waals surface area contributed by atoms with E-state index in [1.807, 2.05) is 0 Å². The smallest absolute Gasteiger partial charge is 0.0704 e. The van der Waals surface area contributed by atoms with E-state index < -0.39 is 0 Å². The molecule has 1 aromatic carbocycles. The Morgan fingerprint density at radius 2 is 2.00 bits per heavy atom. The van der Waals surface area contributed by atoms with Gasteiger partial charge in [-0.1, -0.05) is 31.2 Å². The van der Waals surface area contributed by atoms with Crippen LogP contribution in [0.2, 0.25) is 0 Å². The van der Waals surface area contributed by atoms with Crippen molar-refractivity contribution in [2.24, 2.45) is 0 Å². The predicted octanol–water partition coefficient (Wildman–Crippen LogP) is 2.91. The lowest BCUT2D eigenvalue weighted by Crippen LogP contribution is -2.26. The van der Waals surface area contributed by atoms with E-state index in [1.54, 1.807) is 0 Å². The Morgan fingerprint density at radius 3 is 2.65 bits per heavy atom. The third-order valence-electron chi connectivity index (χ3n) is 3.51. The summed E-state index contributed by atoms with van der Waals surface area (Å²) in [5.74, 6) is 0. The second kappa shape index (κ2) is 6.18. The first-order valence-corrected chi connectivity index (χ1v) is 6.72. The lowest BCUT2D eigenvalue weighted by Gasteiger charge is -2.13. The van der Waals surface area contributed by atoms with E-state index in [2.05, 4.69) is 43.4 Å². The van der Waals surface area contributed by atoms with Crippen molar-refractivity contribution in [3.63, 3.8) is 0 Å². The first-order valence-electron chi connectivity index (χ1n) is 6.72. The average Bonchev–Trinajstić information content (AvgIpc) is 2.76. The molecule has 1 fully saturated rings. The number of rotatable bonds is 5. The largest absolute Gasteiger partial charge is 0.374 e. The van der Waals surface area contributed by atoms with Gasteiger partial charge in [-0.05, 0) is 37.3 Å². The summed E-state index contributed by atoms with van der Waals surface area (Å²) in [7, 11) is 0. The summed E-state index contributed by atoms with van der Waals surface area (Å²) < 4.78 is 5.79. The third-order valence-corrected chi connectivity index (χ3v) is 3.51. The van der Waals surface area contributed by atoms with Crippen molar-refractivity contribution in [1.29, 1.82) is 0 Å². The van der Waals surface area contributed by atoms with Gasteiger partial charge in [0, 0.05) is 13.1 Å². The molecule has 2 nitrogen and oxygen atoms in total. The van der Waals surface area contributed by atoms with Crippen LogP contribution in [0.25, 0.3) is 0 Å². The van der Waals surface area contributed by atoms with Crippen molar-refractivity contribution in [2.45, 2.75) is 51.9 Å². The molecule has 1 aliphatic rings. The van der Waals surface area contributed by atoms with E-state index in [9.17, 15) is 0 Å². The van der Waals surface area contributed by atoms with Crippen molar-refractivity contribution < 1.29 is 4.74 Å². The Morgan fingerprint density at radius 1 is 1.24 bits per heavy atom. The van der Waals surface area contributed by atoms with Gasteiger partial charge in [-0.2, -0.15) is 0 Å². The quantitative estimate of drug-likeness (QED) is 0.844. The molecule has 2 heteroatoms. The molecule has 0 bridgehead atoms. The molecular formula is C15H23NO. The first-order chi connectivity index (χ1) is 8.29. The van der Waals surface area contributed by atoms with Gasteiger partial charge in [0.15, 0.2) is 0 Å². The molecule has 94 valence electrons. The highest BCUT2D eigenvalue weighted by Gasteiger charge is 2.20. The average molecular weight is 233 g/mol. The fourth-order valence-corrected chi connectivity index (χ4v) is 2.48. The number of benzene rings is 1. The van der Waals surface area contributed by atoms with Crippen molar-refractivity contribution in [2.75, 3.05) is 6.54 Å². The predicted molar refractivity (Wildman–Crippen MR) is 71.1 cm³/mol. The highest BCUT2D eigenvalue weighted by Crippen LogP contribution is 2.18. The fourth-order valence-electron chi connectivity index (χ4n) is 2.48. The van der Waals surface area contributed by atoms with Gasteiger partial charge in [0.25, 0.3) is 0 Å². The second-order valence-electron chi connectivity index (χ2n) is 4.90. The molecular weight excluding hydrogens is 210 g/mol. The van der Waals surface area contributed by atoms with Gasteiger partial charge < -0.3 is 10.1 Å². The SMILES string of the molecule is CCc1ccccc1CNCC1CCC(C)O1. The standard InChI is InChI=1S/C15H23NO/c1-3-13-6-4-5-7-14(13)10-16-11-15-9-8-12(2)17-15/h4-7,12,15-16H,3,8-11H2,1-2H3. The highest BCUT2D eigenvalue weighted by atomic mass is 16.5. The van der Waals surface area contributed by atoms with Crippen molar-refractivity contribution >= 4 is 0 Å². The Balaban J connectivity index is 1.78. The third kappa shape index (κ3) is 3.55. The van der Waals surface area contributed by atoms with E-state index >= 15 is 0 Å². The van der Waals surface area contributed by atoms with E-state index in [4.69, 9.17) is 4.74 Å². The van der Waals surface area contributed by atoms with Crippen LogP contribution in [0.15, 0.2) is 24.3 Å². The summed E-state index contributed by atoms with van der Waals surface area (Å²) in [5.41, 5.74) is 2.86. The minimum absolute atomic E-state index is 0.416. The minimum Gasteiger partial charge on any atom is -0.374 e. The van der Waals surface area contributed by atoms with E-state index in [1.165, 1.54) is 24.0 Å². The molecule has 2 atom stereocenters. The zero-order valence-electron chi connectivity index (χ0n) is 10.9. The second-order valence-corrected chi connectivity index (χ2v) is 4.90. The zero-order valence-corrected chi connectivity index (χ0v) is 10.9. The molecule has 2 unspecified atom stereocenters. The Labute approximate surface area is 104 Å². The van der Waals surface area contributed by atoms with Gasteiger partial charge in [0.2, 0.25) is 0 Å². The molecule has 17 heavy (non-hydrogen) atoms. The molecule has 0 radical (unpaired) electrons. The van der Waals surface area contributed by atoms with Crippen LogP contribution in [-0.4, -0.2) is 18.8 Å². The van der Waals surface area contributed by atoms with Crippen LogP contribution in [0, 0.1) is 0 Å². The molecule has 1 N–H and O–H groups in total. The molecule has 0 spiro atoms.